The van der Waals surface area contributed by atoms with Gasteiger partial charge in [-0.15, -0.1) is 0 Å². The van der Waals surface area contributed by atoms with Crippen LogP contribution in [0.2, 0.25) is 0 Å². The van der Waals surface area contributed by atoms with Crippen molar-refractivity contribution in [2.24, 2.45) is 0 Å². The summed E-state index contributed by atoms with van der Waals surface area (Å²) < 4.78 is 41.7. The Bertz CT molecular complexity index is 826. The molecule has 0 aliphatic heterocycles. The molecular weight excluding hydrogens is 360 g/mol. The SMILES string of the molecule is CCOc1ccc(OCC)c(NC(=O)COC(=O)c2ccc(F)c(F)c2)c1. The Hall–Kier alpha value is -3.16. The summed E-state index contributed by atoms with van der Waals surface area (Å²) in [4.78, 5) is 23.9. The zero-order chi connectivity index (χ0) is 19.8. The minimum absolute atomic E-state index is 0.199. The van der Waals surface area contributed by atoms with Crippen molar-refractivity contribution in [1.82, 2.24) is 0 Å². The van der Waals surface area contributed by atoms with E-state index in [9.17, 15) is 18.4 Å². The van der Waals surface area contributed by atoms with Crippen LogP contribution in [0.1, 0.15) is 24.2 Å². The van der Waals surface area contributed by atoms with Crippen LogP contribution in [0.5, 0.6) is 11.5 Å². The van der Waals surface area contributed by atoms with Crippen molar-refractivity contribution < 1.29 is 32.6 Å². The van der Waals surface area contributed by atoms with Crippen molar-refractivity contribution in [3.8, 4) is 11.5 Å². The predicted octanol–water partition coefficient (Wildman–Crippen LogP) is 3.56. The average Bonchev–Trinajstić information content (AvgIpc) is 2.64. The predicted molar refractivity (Wildman–Crippen MR) is 94.1 cm³/mol. The lowest BCUT2D eigenvalue weighted by Gasteiger charge is -2.13. The van der Waals surface area contributed by atoms with Crippen molar-refractivity contribution in [3.05, 3.63) is 53.6 Å². The standard InChI is InChI=1S/C19H19F2NO5/c1-3-25-13-6-8-17(26-4-2)16(10-13)22-18(23)11-27-19(24)12-5-7-14(20)15(21)9-12/h5-10H,3-4,11H2,1-2H3,(H,22,23). The summed E-state index contributed by atoms with van der Waals surface area (Å²) in [5.74, 6) is -2.86. The Morgan fingerprint density at radius 3 is 2.37 bits per heavy atom. The number of anilines is 1. The van der Waals surface area contributed by atoms with Gasteiger partial charge in [0, 0.05) is 6.07 Å². The smallest absolute Gasteiger partial charge is 0.338 e. The first-order chi connectivity index (χ1) is 12.9. The number of esters is 1. The lowest BCUT2D eigenvalue weighted by atomic mass is 10.2. The number of halogens is 2. The van der Waals surface area contributed by atoms with E-state index in [1.165, 1.54) is 0 Å². The summed E-state index contributed by atoms with van der Waals surface area (Å²) in [5, 5.41) is 2.57. The van der Waals surface area contributed by atoms with Gasteiger partial charge >= 0.3 is 5.97 Å². The zero-order valence-corrected chi connectivity index (χ0v) is 14.9. The van der Waals surface area contributed by atoms with Crippen LogP contribution < -0.4 is 14.8 Å². The van der Waals surface area contributed by atoms with Gasteiger partial charge in [-0.2, -0.15) is 0 Å². The number of nitrogens with one attached hydrogen (secondary N) is 1. The van der Waals surface area contributed by atoms with Crippen molar-refractivity contribution in [3.63, 3.8) is 0 Å². The quantitative estimate of drug-likeness (QED) is 0.710. The fourth-order valence-electron chi connectivity index (χ4n) is 2.17. The molecule has 2 rings (SSSR count). The van der Waals surface area contributed by atoms with Gasteiger partial charge in [0.15, 0.2) is 18.2 Å². The fraction of sp³-hybridized carbons (Fsp3) is 0.263. The number of benzene rings is 2. The Morgan fingerprint density at radius 2 is 1.70 bits per heavy atom. The molecule has 0 saturated heterocycles. The highest BCUT2D eigenvalue weighted by molar-refractivity contribution is 5.96. The molecule has 0 radical (unpaired) electrons. The molecule has 8 heteroatoms. The summed E-state index contributed by atoms with van der Waals surface area (Å²) in [5.41, 5.74) is 0.159. The van der Waals surface area contributed by atoms with Gasteiger partial charge in [0.25, 0.3) is 5.91 Å². The molecule has 2 aromatic rings. The molecule has 6 nitrogen and oxygen atoms in total. The number of carbonyl (C=O) groups is 2. The van der Waals surface area contributed by atoms with Crippen molar-refractivity contribution in [2.75, 3.05) is 25.1 Å². The highest BCUT2D eigenvalue weighted by Gasteiger charge is 2.15. The average molecular weight is 379 g/mol. The number of carbonyl (C=O) groups excluding carboxylic acids is 2. The van der Waals surface area contributed by atoms with Gasteiger partial charge < -0.3 is 19.5 Å². The second-order valence-corrected chi connectivity index (χ2v) is 5.28. The number of amides is 1. The van der Waals surface area contributed by atoms with Crippen LogP contribution in [-0.2, 0) is 9.53 Å². The Labute approximate surface area is 155 Å². The second kappa shape index (κ2) is 9.51. The second-order valence-electron chi connectivity index (χ2n) is 5.28. The first-order valence-corrected chi connectivity index (χ1v) is 8.26. The lowest BCUT2D eigenvalue weighted by molar-refractivity contribution is -0.119. The highest BCUT2D eigenvalue weighted by Crippen LogP contribution is 2.29. The van der Waals surface area contributed by atoms with Crippen LogP contribution in [-0.4, -0.2) is 31.7 Å². The number of rotatable bonds is 8. The third-order valence-electron chi connectivity index (χ3n) is 3.33. The molecule has 1 amide bonds. The molecule has 27 heavy (non-hydrogen) atoms. The van der Waals surface area contributed by atoms with E-state index < -0.39 is 30.1 Å². The van der Waals surface area contributed by atoms with E-state index in [0.29, 0.717) is 36.5 Å². The van der Waals surface area contributed by atoms with Crippen LogP contribution in [0.15, 0.2) is 36.4 Å². The monoisotopic (exact) mass is 379 g/mol. The molecule has 0 saturated carbocycles. The van der Waals surface area contributed by atoms with Crippen molar-refractivity contribution in [2.45, 2.75) is 13.8 Å². The van der Waals surface area contributed by atoms with Gasteiger partial charge in [0.2, 0.25) is 0 Å². The van der Waals surface area contributed by atoms with E-state index in [4.69, 9.17) is 14.2 Å². The van der Waals surface area contributed by atoms with E-state index in [-0.39, 0.29) is 5.56 Å². The maximum absolute atomic E-state index is 13.2. The molecule has 0 spiro atoms. The molecule has 2 aromatic carbocycles. The summed E-state index contributed by atoms with van der Waals surface area (Å²) in [7, 11) is 0. The van der Waals surface area contributed by atoms with Gasteiger partial charge in [-0.25, -0.2) is 13.6 Å². The molecule has 0 heterocycles. The zero-order valence-electron chi connectivity index (χ0n) is 14.9. The Kier molecular flexibility index (Phi) is 7.10. The van der Waals surface area contributed by atoms with Crippen molar-refractivity contribution >= 4 is 17.6 Å². The minimum Gasteiger partial charge on any atom is -0.494 e. The van der Waals surface area contributed by atoms with Gasteiger partial charge in [-0.05, 0) is 44.2 Å². The van der Waals surface area contributed by atoms with Gasteiger partial charge in [0.1, 0.15) is 11.5 Å². The molecule has 1 N–H and O–H groups in total. The van der Waals surface area contributed by atoms with E-state index in [1.54, 1.807) is 25.1 Å². The maximum Gasteiger partial charge on any atom is 0.338 e. The normalized spacial score (nSPS) is 10.2. The highest BCUT2D eigenvalue weighted by atomic mass is 19.2. The third kappa shape index (κ3) is 5.67. The van der Waals surface area contributed by atoms with Crippen LogP contribution in [0.3, 0.4) is 0 Å². The van der Waals surface area contributed by atoms with Crippen molar-refractivity contribution in [1.29, 1.82) is 0 Å². The Morgan fingerprint density at radius 1 is 0.963 bits per heavy atom. The fourth-order valence-corrected chi connectivity index (χ4v) is 2.17. The van der Waals surface area contributed by atoms with Crippen LogP contribution in [0.4, 0.5) is 14.5 Å². The van der Waals surface area contributed by atoms with E-state index in [2.05, 4.69) is 5.32 Å². The molecule has 0 aliphatic rings. The van der Waals surface area contributed by atoms with Crippen LogP contribution in [0, 0.1) is 11.6 Å². The molecule has 144 valence electrons. The molecule has 0 aliphatic carbocycles. The van der Waals surface area contributed by atoms with Gasteiger partial charge in [-0.3, -0.25) is 4.79 Å². The molecule has 0 fully saturated rings. The number of hydrogen-bond acceptors (Lipinski definition) is 5. The molecular formula is C19H19F2NO5. The number of hydrogen-bond donors (Lipinski definition) is 1. The van der Waals surface area contributed by atoms with Gasteiger partial charge in [0.05, 0.1) is 24.5 Å². The largest absolute Gasteiger partial charge is 0.494 e. The molecule has 0 aromatic heterocycles. The first kappa shape index (κ1) is 20.2. The number of ether oxygens (including phenoxy) is 3. The van der Waals surface area contributed by atoms with Crippen LogP contribution >= 0.6 is 0 Å². The maximum atomic E-state index is 13.2. The van der Waals surface area contributed by atoms with Crippen LogP contribution in [0.25, 0.3) is 0 Å². The first-order valence-electron chi connectivity index (χ1n) is 8.26. The third-order valence-corrected chi connectivity index (χ3v) is 3.33. The van der Waals surface area contributed by atoms with E-state index in [1.807, 2.05) is 6.92 Å². The lowest BCUT2D eigenvalue weighted by Crippen LogP contribution is -2.21. The molecule has 0 bridgehead atoms. The summed E-state index contributed by atoms with van der Waals surface area (Å²) in [6.45, 7) is 3.86. The molecule has 0 atom stereocenters. The van der Waals surface area contributed by atoms with E-state index >= 15 is 0 Å². The summed E-state index contributed by atoms with van der Waals surface area (Å²) >= 11 is 0. The molecule has 0 unspecified atom stereocenters. The Balaban J connectivity index is 2.01. The topological polar surface area (TPSA) is 73.9 Å². The minimum atomic E-state index is -1.18. The van der Waals surface area contributed by atoms with E-state index in [0.717, 1.165) is 12.1 Å². The van der Waals surface area contributed by atoms with Gasteiger partial charge in [-0.1, -0.05) is 0 Å². The summed E-state index contributed by atoms with van der Waals surface area (Å²) in [6, 6.07) is 7.51. The summed E-state index contributed by atoms with van der Waals surface area (Å²) in [6.07, 6.45) is 0.